The Kier molecular flexibility index (Phi) is 12.1. The maximum absolute atomic E-state index is 13.9. The third kappa shape index (κ3) is 8.83. The van der Waals surface area contributed by atoms with Gasteiger partial charge in [0.1, 0.15) is 17.7 Å². The molecular weight excluding hydrogens is 735 g/mol. The number of alkyl carbamates (subject to hydrolysis) is 1. The summed E-state index contributed by atoms with van der Waals surface area (Å²) in [4.78, 5) is 70.7. The molecule has 0 unspecified atom stereocenters. The summed E-state index contributed by atoms with van der Waals surface area (Å²) in [5, 5.41) is 12.7. The molecule has 4 N–H and O–H groups in total. The van der Waals surface area contributed by atoms with E-state index in [1.165, 1.54) is 7.11 Å². The highest BCUT2D eigenvalue weighted by Gasteiger charge is 2.37. The van der Waals surface area contributed by atoms with Crippen molar-refractivity contribution in [2.24, 2.45) is 0 Å². The molecule has 3 amide bonds. The zero-order valence-electron chi connectivity index (χ0n) is 32.4. The van der Waals surface area contributed by atoms with E-state index in [1.807, 2.05) is 104 Å². The predicted octanol–water partition coefficient (Wildman–Crippen LogP) is 7.57. The van der Waals surface area contributed by atoms with Crippen molar-refractivity contribution < 1.29 is 29.0 Å². The van der Waals surface area contributed by atoms with Gasteiger partial charge in [0.05, 0.1) is 43.7 Å². The van der Waals surface area contributed by atoms with Gasteiger partial charge in [-0.3, -0.25) is 9.59 Å². The summed E-state index contributed by atoms with van der Waals surface area (Å²) in [7, 11) is 1.27. The van der Waals surface area contributed by atoms with Crippen molar-refractivity contribution in [3.63, 3.8) is 0 Å². The van der Waals surface area contributed by atoms with Gasteiger partial charge >= 0.3 is 12.1 Å². The Bertz CT molecular complexity index is 2360. The zero-order valence-corrected chi connectivity index (χ0v) is 32.4. The number of aromatic carboxylic acids is 1. The van der Waals surface area contributed by atoms with Crippen LogP contribution in [0.4, 0.5) is 4.79 Å². The van der Waals surface area contributed by atoms with E-state index in [9.17, 15) is 24.3 Å². The van der Waals surface area contributed by atoms with E-state index in [4.69, 9.17) is 4.74 Å². The van der Waals surface area contributed by atoms with Gasteiger partial charge in [0.15, 0.2) is 5.69 Å². The Morgan fingerprint density at radius 3 is 2.16 bits per heavy atom. The van der Waals surface area contributed by atoms with E-state index in [0.29, 0.717) is 41.6 Å². The second-order valence-corrected chi connectivity index (χ2v) is 14.2. The molecule has 0 spiro atoms. The number of hydrogen-bond acceptors (Lipinski definition) is 7. The SMILES string of the molecule is CCCN(Cc1nc(C(=O)O)c(-c2ccc(-c3ccc(-c4cnc([C@@H]5CCCN5C(=O)[C@H](NC(=O)OC)c5ccccc5)[nH]4)cc3)cc2)[nH]1)C(=O)Cc1ccccc1. The molecule has 7 rings (SSSR count). The van der Waals surface area contributed by atoms with Crippen LogP contribution >= 0.6 is 0 Å². The van der Waals surface area contributed by atoms with Gasteiger partial charge in [-0.25, -0.2) is 19.6 Å². The number of carboxylic acid groups (broad SMARTS) is 1. The van der Waals surface area contributed by atoms with E-state index < -0.39 is 18.1 Å². The fourth-order valence-electron chi connectivity index (χ4n) is 7.40. The fraction of sp³-hybridized carbons (Fsp3) is 0.244. The van der Waals surface area contributed by atoms with E-state index in [1.54, 1.807) is 28.1 Å². The molecule has 2 aromatic heterocycles. The summed E-state index contributed by atoms with van der Waals surface area (Å²) < 4.78 is 4.82. The average molecular weight is 780 g/mol. The molecule has 13 heteroatoms. The monoisotopic (exact) mass is 779 g/mol. The number of rotatable bonds is 14. The van der Waals surface area contributed by atoms with E-state index in [0.717, 1.165) is 47.2 Å². The number of methoxy groups -OCH3 is 1. The van der Waals surface area contributed by atoms with Crippen molar-refractivity contribution in [2.45, 2.75) is 51.2 Å². The van der Waals surface area contributed by atoms with Gasteiger partial charge in [-0.1, -0.05) is 116 Å². The third-order valence-electron chi connectivity index (χ3n) is 10.3. The lowest BCUT2D eigenvalue weighted by atomic mass is 10.0. The second kappa shape index (κ2) is 17.8. The van der Waals surface area contributed by atoms with Crippen molar-refractivity contribution >= 4 is 23.9 Å². The quantitative estimate of drug-likeness (QED) is 0.0876. The first-order chi connectivity index (χ1) is 28.2. The van der Waals surface area contributed by atoms with E-state index in [2.05, 4.69) is 25.3 Å². The van der Waals surface area contributed by atoms with Gasteiger partial charge in [-0.05, 0) is 47.1 Å². The van der Waals surface area contributed by atoms with E-state index >= 15 is 0 Å². The first kappa shape index (κ1) is 39.2. The summed E-state index contributed by atoms with van der Waals surface area (Å²) in [6.45, 7) is 3.22. The summed E-state index contributed by atoms with van der Waals surface area (Å²) in [6, 6.07) is 33.0. The molecule has 296 valence electrons. The zero-order chi connectivity index (χ0) is 40.6. The predicted molar refractivity (Wildman–Crippen MR) is 218 cm³/mol. The molecule has 1 saturated heterocycles. The topological polar surface area (TPSA) is 174 Å². The molecule has 3 heterocycles. The Morgan fingerprint density at radius 1 is 0.879 bits per heavy atom. The van der Waals surface area contributed by atoms with Crippen LogP contribution in [-0.4, -0.2) is 78.9 Å². The lowest BCUT2D eigenvalue weighted by Gasteiger charge is -2.28. The normalized spacial score (nSPS) is 14.2. The third-order valence-corrected chi connectivity index (χ3v) is 10.3. The highest BCUT2D eigenvalue weighted by molar-refractivity contribution is 5.93. The number of aromatic nitrogens is 4. The van der Waals surface area contributed by atoms with Crippen molar-refractivity contribution in [1.82, 2.24) is 35.1 Å². The van der Waals surface area contributed by atoms with Gasteiger partial charge in [0.25, 0.3) is 5.91 Å². The van der Waals surface area contributed by atoms with Crippen molar-refractivity contribution in [2.75, 3.05) is 20.2 Å². The Balaban J connectivity index is 1.04. The lowest BCUT2D eigenvalue weighted by Crippen LogP contribution is -2.42. The molecule has 4 aromatic carbocycles. The lowest BCUT2D eigenvalue weighted by molar-refractivity contribution is -0.134. The number of benzene rings is 4. The van der Waals surface area contributed by atoms with Crippen LogP contribution in [0.1, 0.15) is 71.5 Å². The maximum atomic E-state index is 13.9. The number of carbonyl (C=O) groups excluding carboxylic acids is 3. The minimum Gasteiger partial charge on any atom is -0.476 e. The van der Waals surface area contributed by atoms with Gasteiger partial charge in [-0.2, -0.15) is 0 Å². The molecule has 0 aliphatic carbocycles. The van der Waals surface area contributed by atoms with Gasteiger partial charge in [0, 0.05) is 18.7 Å². The summed E-state index contributed by atoms with van der Waals surface area (Å²) in [6.07, 6.45) is 3.61. The summed E-state index contributed by atoms with van der Waals surface area (Å²) in [5.74, 6) is -0.365. The number of nitrogens with zero attached hydrogens (tertiary/aromatic N) is 4. The van der Waals surface area contributed by atoms with Crippen molar-refractivity contribution in [1.29, 1.82) is 0 Å². The largest absolute Gasteiger partial charge is 0.476 e. The number of amides is 3. The molecule has 2 atom stereocenters. The summed E-state index contributed by atoms with van der Waals surface area (Å²) in [5.41, 5.74) is 6.14. The van der Waals surface area contributed by atoms with Crippen molar-refractivity contribution in [3.05, 3.63) is 144 Å². The number of imidazole rings is 2. The molecule has 0 saturated carbocycles. The first-order valence-electron chi connectivity index (χ1n) is 19.3. The number of hydrogen-bond donors (Lipinski definition) is 4. The van der Waals surface area contributed by atoms with Gasteiger partial charge in [0.2, 0.25) is 5.91 Å². The van der Waals surface area contributed by atoms with Gasteiger partial charge < -0.3 is 34.9 Å². The average Bonchev–Trinajstić information content (AvgIpc) is 4.04. The molecule has 1 fully saturated rings. The van der Waals surface area contributed by atoms with Crippen LogP contribution in [0, 0.1) is 0 Å². The Morgan fingerprint density at radius 2 is 1.52 bits per heavy atom. The standard InChI is InChI=1S/C45H45N7O6/c1-3-24-51(38(53)26-29-11-6-4-7-12-29)28-37-48-39(41(49-37)44(55)56)34-22-18-31(19-23-34)30-16-20-32(21-17-30)35-27-46-42(47-35)36-15-10-25-52(36)43(54)40(50-45(57)58-2)33-13-8-5-9-14-33/h4-9,11-14,16-23,27,36,40H,3,10,15,24-26,28H2,1-2H3,(H,46,47)(H,48,49)(H,50,57)(H,55,56)/t36-,40+/m0/s1. The highest BCUT2D eigenvalue weighted by Crippen LogP contribution is 2.35. The number of ether oxygens (including phenoxy) is 1. The Labute approximate surface area is 336 Å². The smallest absolute Gasteiger partial charge is 0.407 e. The number of carboxylic acids is 1. The van der Waals surface area contributed by atoms with E-state index in [-0.39, 0.29) is 36.5 Å². The molecule has 1 aliphatic heterocycles. The highest BCUT2D eigenvalue weighted by atomic mass is 16.5. The molecule has 0 bridgehead atoms. The first-order valence-corrected chi connectivity index (χ1v) is 19.3. The van der Waals surface area contributed by atoms with Crippen LogP contribution in [0.15, 0.2) is 115 Å². The fourth-order valence-corrected chi connectivity index (χ4v) is 7.40. The number of nitrogens with one attached hydrogen (secondary N) is 3. The van der Waals surface area contributed by atoms with Gasteiger partial charge in [-0.15, -0.1) is 0 Å². The number of aromatic amines is 2. The second-order valence-electron chi connectivity index (χ2n) is 14.2. The maximum Gasteiger partial charge on any atom is 0.407 e. The minimum atomic E-state index is -1.16. The molecule has 13 nitrogen and oxygen atoms in total. The van der Waals surface area contributed by atoms with Crippen LogP contribution in [0.5, 0.6) is 0 Å². The summed E-state index contributed by atoms with van der Waals surface area (Å²) >= 11 is 0. The minimum absolute atomic E-state index is 0.0535. The number of carbonyl (C=O) groups is 4. The number of likely N-dealkylation sites (tertiary alicyclic amines) is 1. The molecule has 0 radical (unpaired) electrons. The van der Waals surface area contributed by atoms with Crippen LogP contribution in [0.25, 0.3) is 33.6 Å². The molecule has 6 aromatic rings. The van der Waals surface area contributed by atoms with Crippen LogP contribution in [0.3, 0.4) is 0 Å². The number of H-pyrrole nitrogens is 2. The molecular formula is C45H45N7O6. The van der Waals surface area contributed by atoms with Crippen molar-refractivity contribution in [3.8, 4) is 33.6 Å². The van der Waals surface area contributed by atoms with Crippen LogP contribution in [-0.2, 0) is 27.3 Å². The Hall–Kier alpha value is -7.02. The van der Waals surface area contributed by atoms with Crippen LogP contribution < -0.4 is 5.32 Å². The molecule has 1 aliphatic rings. The molecule has 58 heavy (non-hydrogen) atoms. The van der Waals surface area contributed by atoms with Crippen LogP contribution in [0.2, 0.25) is 0 Å².